The van der Waals surface area contributed by atoms with E-state index in [9.17, 15) is 9.18 Å². The second-order valence-electron chi connectivity index (χ2n) is 9.41. The fourth-order valence-electron chi connectivity index (χ4n) is 5.31. The Hall–Kier alpha value is -3.12. The number of amides is 1. The molecule has 1 atom stereocenters. The van der Waals surface area contributed by atoms with E-state index in [0.29, 0.717) is 13.0 Å². The Morgan fingerprint density at radius 2 is 1.79 bits per heavy atom. The van der Waals surface area contributed by atoms with Crippen molar-refractivity contribution < 1.29 is 13.9 Å². The molecule has 1 N–H and O–H groups in total. The Balaban J connectivity index is 1.38. The van der Waals surface area contributed by atoms with Crippen LogP contribution in [0.5, 0.6) is 0 Å². The first-order valence-corrected chi connectivity index (χ1v) is 11.6. The normalized spacial score (nSPS) is 24.3. The van der Waals surface area contributed by atoms with Crippen LogP contribution in [-0.4, -0.2) is 44.4 Å². The third kappa shape index (κ3) is 3.72. The number of hydrogen-bond donors (Lipinski definition) is 1. The Kier molecular flexibility index (Phi) is 5.49. The minimum atomic E-state index is -0.733. The van der Waals surface area contributed by atoms with Gasteiger partial charge in [0.2, 0.25) is 5.91 Å². The van der Waals surface area contributed by atoms with E-state index in [1.54, 1.807) is 6.07 Å². The minimum absolute atomic E-state index is 0.0138. The minimum Gasteiger partial charge on any atom is -0.378 e. The molecular weight excluding hydrogens is 417 g/mol. The van der Waals surface area contributed by atoms with Crippen LogP contribution in [0.25, 0.3) is 6.08 Å². The fourth-order valence-corrected chi connectivity index (χ4v) is 5.31. The molecule has 3 aliphatic heterocycles. The monoisotopic (exact) mass is 447 g/mol. The van der Waals surface area contributed by atoms with Gasteiger partial charge in [0.15, 0.2) is 0 Å². The van der Waals surface area contributed by atoms with E-state index in [1.807, 2.05) is 24.3 Å². The molecule has 0 radical (unpaired) electrons. The van der Waals surface area contributed by atoms with Gasteiger partial charge in [-0.1, -0.05) is 44.2 Å². The van der Waals surface area contributed by atoms with Crippen molar-refractivity contribution in [1.29, 1.82) is 0 Å². The number of allylic oxidation sites excluding steroid dienone is 2. The van der Waals surface area contributed by atoms with Crippen molar-refractivity contribution in [2.75, 3.05) is 42.6 Å². The quantitative estimate of drug-likeness (QED) is 0.712. The largest absolute Gasteiger partial charge is 0.378 e. The molecular formula is C27H30FN3O2. The van der Waals surface area contributed by atoms with Crippen LogP contribution in [0.2, 0.25) is 0 Å². The summed E-state index contributed by atoms with van der Waals surface area (Å²) >= 11 is 0. The predicted molar refractivity (Wildman–Crippen MR) is 130 cm³/mol. The van der Waals surface area contributed by atoms with Gasteiger partial charge in [-0.15, -0.1) is 0 Å². The fraction of sp³-hybridized carbons (Fsp3) is 0.370. The SMILES string of the molecule is CC1(C)c2cc(F)ccc2N2CCC(=O)NC21/C=C/C=C/c1ccc(N2CCOCC2)cc1. The van der Waals surface area contributed by atoms with Crippen LogP contribution in [0.1, 0.15) is 31.4 Å². The highest BCUT2D eigenvalue weighted by Crippen LogP contribution is 2.52. The zero-order chi connectivity index (χ0) is 23.1. The lowest BCUT2D eigenvalue weighted by Crippen LogP contribution is -2.68. The summed E-state index contributed by atoms with van der Waals surface area (Å²) in [6, 6.07) is 13.4. The summed E-state index contributed by atoms with van der Waals surface area (Å²) < 4.78 is 19.5. The first-order chi connectivity index (χ1) is 15.9. The van der Waals surface area contributed by atoms with Crippen molar-refractivity contribution >= 4 is 23.4 Å². The topological polar surface area (TPSA) is 44.8 Å². The van der Waals surface area contributed by atoms with Gasteiger partial charge in [0.05, 0.1) is 13.2 Å². The highest BCUT2D eigenvalue weighted by molar-refractivity contribution is 5.84. The molecule has 2 fully saturated rings. The summed E-state index contributed by atoms with van der Waals surface area (Å²) in [5.74, 6) is -0.243. The van der Waals surface area contributed by atoms with Gasteiger partial charge < -0.3 is 19.9 Å². The van der Waals surface area contributed by atoms with Gasteiger partial charge in [-0.25, -0.2) is 4.39 Å². The van der Waals surface area contributed by atoms with Crippen LogP contribution >= 0.6 is 0 Å². The van der Waals surface area contributed by atoms with E-state index in [-0.39, 0.29) is 11.7 Å². The number of nitrogens with one attached hydrogen (secondary N) is 1. The lowest BCUT2D eigenvalue weighted by atomic mass is 9.74. The van der Waals surface area contributed by atoms with Gasteiger partial charge in [-0.3, -0.25) is 4.79 Å². The molecule has 5 rings (SSSR count). The molecule has 172 valence electrons. The zero-order valence-corrected chi connectivity index (χ0v) is 19.2. The van der Waals surface area contributed by atoms with Crippen LogP contribution in [0.4, 0.5) is 15.8 Å². The third-order valence-corrected chi connectivity index (χ3v) is 7.20. The van der Waals surface area contributed by atoms with E-state index in [1.165, 1.54) is 11.8 Å². The zero-order valence-electron chi connectivity index (χ0n) is 19.2. The van der Waals surface area contributed by atoms with Gasteiger partial charge in [-0.2, -0.15) is 0 Å². The Labute approximate surface area is 194 Å². The second kappa shape index (κ2) is 8.34. The molecule has 33 heavy (non-hydrogen) atoms. The molecule has 0 bridgehead atoms. The maximum atomic E-state index is 14.1. The van der Waals surface area contributed by atoms with Gasteiger partial charge in [0, 0.05) is 42.8 Å². The molecule has 2 saturated heterocycles. The molecule has 5 nitrogen and oxygen atoms in total. The van der Waals surface area contributed by atoms with Crippen molar-refractivity contribution in [1.82, 2.24) is 5.32 Å². The number of morpholine rings is 1. The number of carbonyl (C=O) groups is 1. The van der Waals surface area contributed by atoms with E-state index < -0.39 is 11.1 Å². The Morgan fingerprint density at radius 3 is 2.55 bits per heavy atom. The maximum Gasteiger partial charge on any atom is 0.223 e. The second-order valence-corrected chi connectivity index (χ2v) is 9.41. The van der Waals surface area contributed by atoms with Crippen molar-refractivity contribution in [3.63, 3.8) is 0 Å². The van der Waals surface area contributed by atoms with Crippen LogP contribution in [0, 0.1) is 5.82 Å². The van der Waals surface area contributed by atoms with Crippen LogP contribution in [0.15, 0.2) is 60.7 Å². The predicted octanol–water partition coefficient (Wildman–Crippen LogP) is 4.25. The molecule has 3 aliphatic rings. The number of carbonyl (C=O) groups excluding carboxylic acids is 1. The summed E-state index contributed by atoms with van der Waals surface area (Å²) in [6.07, 6.45) is 8.50. The Bertz CT molecular complexity index is 1100. The van der Waals surface area contributed by atoms with Gasteiger partial charge in [-0.05, 0) is 47.5 Å². The molecule has 1 amide bonds. The van der Waals surface area contributed by atoms with Crippen molar-refractivity contribution in [2.45, 2.75) is 31.3 Å². The molecule has 1 unspecified atom stereocenters. The molecule has 6 heteroatoms. The number of ether oxygens (including phenoxy) is 1. The molecule has 0 spiro atoms. The number of rotatable bonds is 4. The molecule has 0 aromatic heterocycles. The summed E-state index contributed by atoms with van der Waals surface area (Å²) in [6.45, 7) is 8.12. The first kappa shape index (κ1) is 21.7. The van der Waals surface area contributed by atoms with Crippen LogP contribution in [0.3, 0.4) is 0 Å². The Morgan fingerprint density at radius 1 is 1.03 bits per heavy atom. The van der Waals surface area contributed by atoms with Crippen LogP contribution < -0.4 is 15.1 Å². The number of halogens is 1. The van der Waals surface area contributed by atoms with E-state index in [0.717, 1.165) is 43.1 Å². The van der Waals surface area contributed by atoms with Gasteiger partial charge in [0.25, 0.3) is 0 Å². The number of benzene rings is 2. The maximum absolute atomic E-state index is 14.1. The molecule has 3 heterocycles. The van der Waals surface area contributed by atoms with Gasteiger partial charge in [0.1, 0.15) is 11.5 Å². The van der Waals surface area contributed by atoms with Crippen LogP contribution in [-0.2, 0) is 14.9 Å². The van der Waals surface area contributed by atoms with Gasteiger partial charge >= 0.3 is 0 Å². The molecule has 0 saturated carbocycles. The molecule has 0 aliphatic carbocycles. The van der Waals surface area contributed by atoms with Crippen molar-refractivity contribution in [3.8, 4) is 0 Å². The number of fused-ring (bicyclic) bond motifs is 3. The average molecular weight is 448 g/mol. The van der Waals surface area contributed by atoms with E-state index in [2.05, 4.69) is 59.3 Å². The third-order valence-electron chi connectivity index (χ3n) is 7.20. The summed E-state index contributed by atoms with van der Waals surface area (Å²) in [4.78, 5) is 17.0. The van der Waals surface area contributed by atoms with E-state index in [4.69, 9.17) is 4.74 Å². The number of hydrogen-bond acceptors (Lipinski definition) is 4. The average Bonchev–Trinajstić information content (AvgIpc) is 3.01. The summed E-state index contributed by atoms with van der Waals surface area (Å²) in [5, 5.41) is 3.22. The summed E-state index contributed by atoms with van der Waals surface area (Å²) in [7, 11) is 0. The molecule has 2 aromatic rings. The molecule has 2 aromatic carbocycles. The number of nitrogens with zero attached hydrogens (tertiary/aromatic N) is 2. The number of anilines is 2. The summed E-state index contributed by atoms with van der Waals surface area (Å²) in [5.41, 5.74) is 2.98. The lowest BCUT2D eigenvalue weighted by molar-refractivity contribution is -0.124. The lowest BCUT2D eigenvalue weighted by Gasteiger charge is -2.49. The van der Waals surface area contributed by atoms with E-state index >= 15 is 0 Å². The first-order valence-electron chi connectivity index (χ1n) is 11.6. The highest BCUT2D eigenvalue weighted by Gasteiger charge is 2.57. The smallest absolute Gasteiger partial charge is 0.223 e. The highest BCUT2D eigenvalue weighted by atomic mass is 19.1. The van der Waals surface area contributed by atoms with Crippen molar-refractivity contribution in [2.24, 2.45) is 0 Å². The standard InChI is InChI=1S/C27H30FN3O2/c1-26(2)23-19-21(28)8-11-24(23)31-14-12-25(32)29-27(26,31)13-4-3-5-20-6-9-22(10-7-20)30-15-17-33-18-16-30/h3-11,13,19H,12,14-18H2,1-2H3,(H,29,32)/b5-3+,13-4+. The van der Waals surface area contributed by atoms with Crippen molar-refractivity contribution in [3.05, 3.63) is 77.6 Å².